The number of carbonyl (C=O) groups excluding carboxylic acids is 2. The Kier molecular flexibility index (Phi) is 5.18. The van der Waals surface area contributed by atoms with Crippen molar-refractivity contribution in [2.45, 2.75) is 6.10 Å². The lowest BCUT2D eigenvalue weighted by atomic mass is 10.1. The highest BCUT2D eigenvalue weighted by Crippen LogP contribution is 2.25. The maximum atomic E-state index is 13.5. The van der Waals surface area contributed by atoms with Gasteiger partial charge in [0.2, 0.25) is 0 Å². The van der Waals surface area contributed by atoms with Crippen molar-refractivity contribution in [1.29, 1.82) is 0 Å². The number of nitrogens with zero attached hydrogens (tertiary/aromatic N) is 1. The second kappa shape index (κ2) is 7.55. The number of anilines is 1. The van der Waals surface area contributed by atoms with Gasteiger partial charge >= 0.3 is 11.8 Å². The first-order valence-corrected chi connectivity index (χ1v) is 8.13. The summed E-state index contributed by atoms with van der Waals surface area (Å²) in [6.45, 7) is -0.202. The highest BCUT2D eigenvalue weighted by Gasteiger charge is 2.19. The SMILES string of the molecule is Cn1cc(C(O)CNC(=O)C(=O)Nc2ccc(F)cc2F)c2ccccc21. The molecule has 6 nitrogen and oxygen atoms in total. The summed E-state index contributed by atoms with van der Waals surface area (Å²) in [7, 11) is 1.84. The van der Waals surface area contributed by atoms with Gasteiger partial charge in [-0.3, -0.25) is 9.59 Å². The highest BCUT2D eigenvalue weighted by molar-refractivity contribution is 6.39. The van der Waals surface area contributed by atoms with E-state index in [1.165, 1.54) is 0 Å². The van der Waals surface area contributed by atoms with Crippen LogP contribution >= 0.6 is 0 Å². The van der Waals surface area contributed by atoms with Crippen LogP contribution in [-0.4, -0.2) is 28.0 Å². The van der Waals surface area contributed by atoms with E-state index in [0.29, 0.717) is 11.6 Å². The molecule has 3 rings (SSSR count). The maximum Gasteiger partial charge on any atom is 0.313 e. The number of aliphatic hydroxyl groups is 1. The lowest BCUT2D eigenvalue weighted by molar-refractivity contribution is -0.136. The van der Waals surface area contributed by atoms with Crippen molar-refractivity contribution in [3.8, 4) is 0 Å². The van der Waals surface area contributed by atoms with Gasteiger partial charge in [-0.2, -0.15) is 0 Å². The molecule has 3 N–H and O–H groups in total. The zero-order valence-electron chi connectivity index (χ0n) is 14.4. The zero-order chi connectivity index (χ0) is 19.6. The Morgan fingerprint density at radius 1 is 1.15 bits per heavy atom. The van der Waals surface area contributed by atoms with Crippen molar-refractivity contribution in [2.24, 2.45) is 7.05 Å². The van der Waals surface area contributed by atoms with Crippen molar-refractivity contribution >= 4 is 28.4 Å². The zero-order valence-corrected chi connectivity index (χ0v) is 14.4. The molecule has 3 aromatic rings. The van der Waals surface area contributed by atoms with Crippen LogP contribution in [0.1, 0.15) is 11.7 Å². The average molecular weight is 373 g/mol. The third kappa shape index (κ3) is 3.95. The molecule has 27 heavy (non-hydrogen) atoms. The minimum Gasteiger partial charge on any atom is -0.386 e. The van der Waals surface area contributed by atoms with E-state index < -0.39 is 29.6 Å². The number of rotatable bonds is 4. The van der Waals surface area contributed by atoms with Crippen LogP contribution in [0.3, 0.4) is 0 Å². The summed E-state index contributed by atoms with van der Waals surface area (Å²) in [5.41, 5.74) is 1.21. The second-order valence-corrected chi connectivity index (χ2v) is 6.02. The normalized spacial score (nSPS) is 12.0. The van der Waals surface area contributed by atoms with E-state index >= 15 is 0 Å². The van der Waals surface area contributed by atoms with Crippen LogP contribution in [0.2, 0.25) is 0 Å². The van der Waals surface area contributed by atoms with E-state index in [4.69, 9.17) is 0 Å². The fourth-order valence-corrected chi connectivity index (χ4v) is 2.79. The molecule has 0 saturated heterocycles. The third-order valence-electron chi connectivity index (χ3n) is 4.13. The topological polar surface area (TPSA) is 83.4 Å². The number of benzene rings is 2. The van der Waals surface area contributed by atoms with E-state index in [9.17, 15) is 23.5 Å². The Bertz CT molecular complexity index is 1020. The van der Waals surface area contributed by atoms with Crippen molar-refractivity contribution in [2.75, 3.05) is 11.9 Å². The fraction of sp³-hybridized carbons (Fsp3) is 0.158. The lowest BCUT2D eigenvalue weighted by Crippen LogP contribution is -2.37. The molecule has 0 fully saturated rings. The van der Waals surface area contributed by atoms with E-state index in [1.54, 1.807) is 6.20 Å². The summed E-state index contributed by atoms with van der Waals surface area (Å²) >= 11 is 0. The number of aliphatic hydroxyl groups excluding tert-OH is 1. The predicted octanol–water partition coefficient (Wildman–Crippen LogP) is 2.24. The number of nitrogens with one attached hydrogen (secondary N) is 2. The van der Waals surface area contributed by atoms with Crippen LogP contribution in [0.4, 0.5) is 14.5 Å². The van der Waals surface area contributed by atoms with Crippen LogP contribution in [-0.2, 0) is 16.6 Å². The predicted molar refractivity (Wildman–Crippen MR) is 95.9 cm³/mol. The number of aryl methyl sites for hydroxylation is 1. The number of amides is 2. The minimum atomic E-state index is -1.12. The maximum absolute atomic E-state index is 13.5. The summed E-state index contributed by atoms with van der Waals surface area (Å²) in [6, 6.07) is 10.0. The molecule has 1 unspecified atom stereocenters. The third-order valence-corrected chi connectivity index (χ3v) is 4.13. The van der Waals surface area contributed by atoms with Crippen molar-refractivity contribution < 1.29 is 23.5 Å². The average Bonchev–Trinajstić information content (AvgIpc) is 2.99. The van der Waals surface area contributed by atoms with Gasteiger partial charge in [0.05, 0.1) is 11.8 Å². The molecule has 1 atom stereocenters. The Morgan fingerprint density at radius 3 is 2.63 bits per heavy atom. The number of para-hydroxylation sites is 1. The van der Waals surface area contributed by atoms with Gasteiger partial charge in [0.15, 0.2) is 0 Å². The molecule has 0 aliphatic carbocycles. The number of carbonyl (C=O) groups is 2. The molecule has 0 saturated carbocycles. The van der Waals surface area contributed by atoms with Crippen LogP contribution in [0, 0.1) is 11.6 Å². The molecule has 140 valence electrons. The molecule has 2 amide bonds. The first kappa shape index (κ1) is 18.5. The molecular formula is C19H17F2N3O3. The molecular weight excluding hydrogens is 356 g/mol. The molecule has 8 heteroatoms. The number of aromatic nitrogens is 1. The molecule has 0 spiro atoms. The van der Waals surface area contributed by atoms with Gasteiger partial charge < -0.3 is 20.3 Å². The second-order valence-electron chi connectivity index (χ2n) is 6.02. The van der Waals surface area contributed by atoms with Crippen molar-refractivity contribution in [3.63, 3.8) is 0 Å². The van der Waals surface area contributed by atoms with Gasteiger partial charge in [-0.15, -0.1) is 0 Å². The Morgan fingerprint density at radius 2 is 1.89 bits per heavy atom. The largest absolute Gasteiger partial charge is 0.386 e. The first-order valence-electron chi connectivity index (χ1n) is 8.13. The van der Waals surface area contributed by atoms with E-state index in [1.807, 2.05) is 35.9 Å². The van der Waals surface area contributed by atoms with Crippen LogP contribution < -0.4 is 10.6 Å². The van der Waals surface area contributed by atoms with E-state index in [2.05, 4.69) is 10.6 Å². The Balaban J connectivity index is 1.63. The standard InChI is InChI=1S/C19H17F2N3O3/c1-24-10-13(12-4-2-3-5-16(12)24)17(25)9-22-18(26)19(27)23-15-7-6-11(20)8-14(15)21/h2-8,10,17,25H,9H2,1H3,(H,22,26)(H,23,27). The summed E-state index contributed by atoms with van der Waals surface area (Å²) in [5, 5.41) is 15.6. The number of halogens is 2. The summed E-state index contributed by atoms with van der Waals surface area (Å²) in [5.74, 6) is -3.95. The van der Waals surface area contributed by atoms with Gasteiger partial charge in [0.1, 0.15) is 11.6 Å². The van der Waals surface area contributed by atoms with Crippen LogP contribution in [0.15, 0.2) is 48.7 Å². The first-order chi connectivity index (χ1) is 12.9. The monoisotopic (exact) mass is 373 g/mol. The number of hydrogen-bond donors (Lipinski definition) is 3. The van der Waals surface area contributed by atoms with Gasteiger partial charge in [-0.05, 0) is 18.2 Å². The van der Waals surface area contributed by atoms with E-state index in [0.717, 1.165) is 23.0 Å². The van der Waals surface area contributed by atoms with Crippen molar-refractivity contribution in [1.82, 2.24) is 9.88 Å². The van der Waals surface area contributed by atoms with Gasteiger partial charge in [0.25, 0.3) is 0 Å². The molecule has 0 bridgehead atoms. The van der Waals surface area contributed by atoms with Crippen LogP contribution in [0.25, 0.3) is 10.9 Å². The Hall–Kier alpha value is -3.26. The minimum absolute atomic E-state index is 0.202. The van der Waals surface area contributed by atoms with Gasteiger partial charge in [-0.25, -0.2) is 8.78 Å². The van der Waals surface area contributed by atoms with E-state index in [-0.39, 0.29) is 12.2 Å². The van der Waals surface area contributed by atoms with Crippen LogP contribution in [0.5, 0.6) is 0 Å². The molecule has 0 aliphatic rings. The summed E-state index contributed by atoms with van der Waals surface area (Å²) < 4.78 is 28.2. The Labute approximate surface area is 153 Å². The molecule has 0 aliphatic heterocycles. The number of fused-ring (bicyclic) bond motifs is 1. The molecule has 1 heterocycles. The molecule has 0 radical (unpaired) electrons. The smallest absolute Gasteiger partial charge is 0.313 e. The van der Waals surface area contributed by atoms with Crippen molar-refractivity contribution in [3.05, 3.63) is 65.9 Å². The summed E-state index contributed by atoms with van der Waals surface area (Å²) in [6.07, 6.45) is 0.713. The quantitative estimate of drug-likeness (QED) is 0.614. The lowest BCUT2D eigenvalue weighted by Gasteiger charge is -2.11. The number of hydrogen-bond acceptors (Lipinski definition) is 3. The highest BCUT2D eigenvalue weighted by atomic mass is 19.1. The van der Waals surface area contributed by atoms with Gasteiger partial charge in [-0.1, -0.05) is 18.2 Å². The van der Waals surface area contributed by atoms with Gasteiger partial charge in [0, 0.05) is 42.3 Å². The summed E-state index contributed by atoms with van der Waals surface area (Å²) in [4.78, 5) is 23.7. The molecule has 1 aromatic heterocycles. The fourth-order valence-electron chi connectivity index (χ4n) is 2.79. The molecule has 2 aromatic carbocycles.